The predicted molar refractivity (Wildman–Crippen MR) is 61.3 cm³/mol. The summed E-state index contributed by atoms with van der Waals surface area (Å²) in [6.45, 7) is 11.4. The average molecular weight is 196 g/mol. The third-order valence-corrected chi connectivity index (χ3v) is 3.39. The zero-order valence-corrected chi connectivity index (χ0v) is 9.83. The van der Waals surface area contributed by atoms with Gasteiger partial charge in [-0.2, -0.15) is 0 Å². The van der Waals surface area contributed by atoms with Crippen LogP contribution in [0.25, 0.3) is 0 Å². The van der Waals surface area contributed by atoms with Crippen molar-refractivity contribution in [3.63, 3.8) is 0 Å². The van der Waals surface area contributed by atoms with Gasteiger partial charge < -0.3 is 4.74 Å². The Balaban J connectivity index is 2.49. The zero-order chi connectivity index (χ0) is 10.6. The van der Waals surface area contributed by atoms with Crippen molar-refractivity contribution < 1.29 is 4.74 Å². The van der Waals surface area contributed by atoms with Crippen LogP contribution in [0.1, 0.15) is 40.0 Å². The van der Waals surface area contributed by atoms with Crippen LogP contribution in [-0.4, -0.2) is 12.7 Å². The van der Waals surface area contributed by atoms with Crippen LogP contribution in [0.15, 0.2) is 12.7 Å². The summed E-state index contributed by atoms with van der Waals surface area (Å²) in [6, 6.07) is 0. The van der Waals surface area contributed by atoms with Crippen molar-refractivity contribution in [3.8, 4) is 0 Å². The molecular formula is C13H24O. The van der Waals surface area contributed by atoms with Gasteiger partial charge in [-0.3, -0.25) is 0 Å². The molecule has 14 heavy (non-hydrogen) atoms. The molecule has 3 atom stereocenters. The van der Waals surface area contributed by atoms with Crippen LogP contribution in [-0.2, 0) is 4.74 Å². The van der Waals surface area contributed by atoms with E-state index in [1.165, 1.54) is 19.3 Å². The maximum Gasteiger partial charge on any atom is 0.0648 e. The smallest absolute Gasteiger partial charge is 0.0648 e. The summed E-state index contributed by atoms with van der Waals surface area (Å²) in [7, 11) is 0. The molecule has 0 bridgehead atoms. The highest BCUT2D eigenvalue weighted by Crippen LogP contribution is 2.35. The third kappa shape index (κ3) is 3.13. The Morgan fingerprint density at radius 2 is 2.14 bits per heavy atom. The van der Waals surface area contributed by atoms with Gasteiger partial charge in [-0.05, 0) is 30.6 Å². The van der Waals surface area contributed by atoms with Gasteiger partial charge in [0, 0.05) is 0 Å². The maximum absolute atomic E-state index is 5.86. The van der Waals surface area contributed by atoms with Crippen LogP contribution in [0, 0.1) is 17.8 Å². The second-order valence-electron chi connectivity index (χ2n) is 4.99. The molecule has 0 aromatic heterocycles. The first-order chi connectivity index (χ1) is 6.65. The van der Waals surface area contributed by atoms with E-state index >= 15 is 0 Å². The maximum atomic E-state index is 5.86. The van der Waals surface area contributed by atoms with Crippen molar-refractivity contribution in [1.29, 1.82) is 0 Å². The molecule has 0 aromatic carbocycles. The molecule has 0 aromatic rings. The topological polar surface area (TPSA) is 9.23 Å². The minimum atomic E-state index is 0.469. The number of hydrogen-bond donors (Lipinski definition) is 0. The molecule has 0 N–H and O–H groups in total. The molecule has 0 saturated heterocycles. The van der Waals surface area contributed by atoms with E-state index in [-0.39, 0.29) is 0 Å². The van der Waals surface area contributed by atoms with Crippen molar-refractivity contribution in [1.82, 2.24) is 0 Å². The van der Waals surface area contributed by atoms with Gasteiger partial charge in [0.15, 0.2) is 0 Å². The highest BCUT2D eigenvalue weighted by atomic mass is 16.5. The van der Waals surface area contributed by atoms with E-state index in [4.69, 9.17) is 4.74 Å². The minimum Gasteiger partial charge on any atom is -0.374 e. The lowest BCUT2D eigenvalue weighted by atomic mass is 9.75. The molecule has 1 aliphatic carbocycles. The first kappa shape index (κ1) is 11.8. The van der Waals surface area contributed by atoms with Gasteiger partial charge in [0.1, 0.15) is 0 Å². The fourth-order valence-electron chi connectivity index (χ4n) is 2.50. The Hall–Kier alpha value is -0.300. The average Bonchev–Trinajstić information content (AvgIpc) is 2.14. The molecule has 1 fully saturated rings. The summed E-state index contributed by atoms with van der Waals surface area (Å²) in [6.07, 6.45) is 6.27. The van der Waals surface area contributed by atoms with E-state index in [1.807, 2.05) is 6.08 Å². The van der Waals surface area contributed by atoms with Gasteiger partial charge in [-0.1, -0.05) is 33.3 Å². The van der Waals surface area contributed by atoms with Gasteiger partial charge in [0.25, 0.3) is 0 Å². The van der Waals surface area contributed by atoms with Crippen LogP contribution < -0.4 is 0 Å². The van der Waals surface area contributed by atoms with Crippen molar-refractivity contribution in [2.45, 2.75) is 46.1 Å². The van der Waals surface area contributed by atoms with E-state index in [0.717, 1.165) is 17.8 Å². The molecule has 1 rings (SSSR count). The Morgan fingerprint density at radius 3 is 2.71 bits per heavy atom. The fourth-order valence-corrected chi connectivity index (χ4v) is 2.50. The summed E-state index contributed by atoms with van der Waals surface area (Å²) >= 11 is 0. The molecule has 0 radical (unpaired) electrons. The molecule has 0 spiro atoms. The standard InChI is InChI=1S/C13H24O/c1-5-8-14-13-9-11(4)6-7-12(13)10(2)3/h5,10-13H,1,6-9H2,2-4H3/t11-,12-,13+/m1/s1. The summed E-state index contributed by atoms with van der Waals surface area (Å²) in [5.41, 5.74) is 0. The van der Waals surface area contributed by atoms with Crippen LogP contribution in [0.2, 0.25) is 0 Å². The summed E-state index contributed by atoms with van der Waals surface area (Å²) in [5.74, 6) is 2.34. The van der Waals surface area contributed by atoms with E-state index in [0.29, 0.717) is 12.7 Å². The molecule has 0 amide bonds. The zero-order valence-electron chi connectivity index (χ0n) is 9.83. The van der Waals surface area contributed by atoms with Gasteiger partial charge in [0.2, 0.25) is 0 Å². The first-order valence-corrected chi connectivity index (χ1v) is 5.87. The van der Waals surface area contributed by atoms with E-state index in [9.17, 15) is 0 Å². The summed E-state index contributed by atoms with van der Waals surface area (Å²) in [5, 5.41) is 0. The Morgan fingerprint density at radius 1 is 1.43 bits per heavy atom. The molecular weight excluding hydrogens is 172 g/mol. The van der Waals surface area contributed by atoms with Crippen molar-refractivity contribution in [2.75, 3.05) is 6.61 Å². The second-order valence-corrected chi connectivity index (χ2v) is 4.99. The Bertz CT molecular complexity index is 174. The van der Waals surface area contributed by atoms with Crippen LogP contribution >= 0.6 is 0 Å². The van der Waals surface area contributed by atoms with Crippen LogP contribution in [0.3, 0.4) is 0 Å². The Labute approximate surface area is 88.5 Å². The van der Waals surface area contributed by atoms with Crippen molar-refractivity contribution in [2.24, 2.45) is 17.8 Å². The van der Waals surface area contributed by atoms with Gasteiger partial charge in [0.05, 0.1) is 12.7 Å². The van der Waals surface area contributed by atoms with Crippen LogP contribution in [0.5, 0.6) is 0 Å². The molecule has 0 heterocycles. The largest absolute Gasteiger partial charge is 0.374 e. The molecule has 0 unspecified atom stereocenters. The second kappa shape index (κ2) is 5.55. The van der Waals surface area contributed by atoms with E-state index in [1.54, 1.807) is 0 Å². The molecule has 82 valence electrons. The Kier molecular flexibility index (Phi) is 4.67. The lowest BCUT2D eigenvalue weighted by molar-refractivity contribution is -0.0261. The number of rotatable bonds is 4. The predicted octanol–water partition coefficient (Wildman–Crippen LogP) is 3.65. The molecule has 1 aliphatic rings. The summed E-state index contributed by atoms with van der Waals surface area (Å²) < 4.78 is 5.86. The van der Waals surface area contributed by atoms with Gasteiger partial charge in [-0.25, -0.2) is 0 Å². The summed E-state index contributed by atoms with van der Waals surface area (Å²) in [4.78, 5) is 0. The fraction of sp³-hybridized carbons (Fsp3) is 0.846. The van der Waals surface area contributed by atoms with Gasteiger partial charge >= 0.3 is 0 Å². The van der Waals surface area contributed by atoms with Crippen LogP contribution in [0.4, 0.5) is 0 Å². The SMILES string of the molecule is C=CCO[C@H]1C[C@H](C)CC[C@@H]1C(C)C. The normalized spacial score (nSPS) is 33.3. The monoisotopic (exact) mass is 196 g/mol. The number of hydrogen-bond acceptors (Lipinski definition) is 1. The molecule has 1 heteroatoms. The van der Waals surface area contributed by atoms with Crippen molar-refractivity contribution >= 4 is 0 Å². The lowest BCUT2D eigenvalue weighted by Gasteiger charge is -2.36. The minimum absolute atomic E-state index is 0.469. The highest BCUT2D eigenvalue weighted by Gasteiger charge is 2.30. The van der Waals surface area contributed by atoms with E-state index < -0.39 is 0 Å². The molecule has 1 saturated carbocycles. The first-order valence-electron chi connectivity index (χ1n) is 5.87. The highest BCUT2D eigenvalue weighted by molar-refractivity contribution is 4.82. The molecule has 1 nitrogen and oxygen atoms in total. The van der Waals surface area contributed by atoms with E-state index in [2.05, 4.69) is 27.4 Å². The van der Waals surface area contributed by atoms with Gasteiger partial charge in [-0.15, -0.1) is 6.58 Å². The number of ether oxygens (including phenoxy) is 1. The molecule has 0 aliphatic heterocycles. The third-order valence-electron chi connectivity index (χ3n) is 3.39. The van der Waals surface area contributed by atoms with Crippen molar-refractivity contribution in [3.05, 3.63) is 12.7 Å². The lowest BCUT2D eigenvalue weighted by Crippen LogP contribution is -2.34. The quantitative estimate of drug-likeness (QED) is 0.624.